The molecule has 3 rings (SSSR count). The number of rotatable bonds is 4. The van der Waals surface area contributed by atoms with Crippen LogP contribution in [0, 0.1) is 12.8 Å². The van der Waals surface area contributed by atoms with Crippen molar-refractivity contribution in [3.63, 3.8) is 0 Å². The van der Waals surface area contributed by atoms with Gasteiger partial charge in [0.15, 0.2) is 0 Å². The van der Waals surface area contributed by atoms with Crippen LogP contribution >= 0.6 is 11.3 Å². The van der Waals surface area contributed by atoms with E-state index in [1.807, 2.05) is 24.4 Å². The van der Waals surface area contributed by atoms with Crippen LogP contribution in [0.1, 0.15) is 24.3 Å². The average Bonchev–Trinajstić information content (AvgIpc) is 3.18. The van der Waals surface area contributed by atoms with E-state index in [0.717, 1.165) is 48.8 Å². The van der Waals surface area contributed by atoms with E-state index in [1.165, 1.54) is 7.11 Å². The number of likely N-dealkylation sites (tertiary alicyclic amines) is 1. The maximum absolute atomic E-state index is 11.6. The van der Waals surface area contributed by atoms with Crippen molar-refractivity contribution in [3.05, 3.63) is 29.0 Å². The van der Waals surface area contributed by atoms with Gasteiger partial charge in [-0.1, -0.05) is 6.07 Å². The van der Waals surface area contributed by atoms with Gasteiger partial charge in [-0.05, 0) is 44.3 Å². The molecular weight excluding hydrogens is 300 g/mol. The van der Waals surface area contributed by atoms with Crippen LogP contribution in [-0.4, -0.2) is 36.1 Å². The number of aryl methyl sites for hydroxylation is 1. The van der Waals surface area contributed by atoms with Crippen LogP contribution in [0.5, 0.6) is 0 Å². The first kappa shape index (κ1) is 15.2. The van der Waals surface area contributed by atoms with Gasteiger partial charge >= 0.3 is 5.97 Å². The quantitative estimate of drug-likeness (QED) is 0.810. The first-order chi connectivity index (χ1) is 10.7. The number of hydrogen-bond donors (Lipinski definition) is 0. The molecule has 0 N–H and O–H groups in total. The van der Waals surface area contributed by atoms with E-state index in [1.54, 1.807) is 11.3 Å². The number of oxazole rings is 1. The lowest BCUT2D eigenvalue weighted by atomic mass is 9.97. The molecule has 0 unspecified atom stereocenters. The Morgan fingerprint density at radius 3 is 2.91 bits per heavy atom. The second-order valence-corrected chi connectivity index (χ2v) is 6.52. The summed E-state index contributed by atoms with van der Waals surface area (Å²) in [5.74, 6) is 1.53. The number of ether oxygens (including phenoxy) is 1. The fraction of sp³-hybridized carbons (Fsp3) is 0.500. The number of carbonyl (C=O) groups is 1. The minimum atomic E-state index is -0.0859. The van der Waals surface area contributed by atoms with Crippen LogP contribution in [0.2, 0.25) is 0 Å². The van der Waals surface area contributed by atoms with Gasteiger partial charge in [-0.15, -0.1) is 11.3 Å². The monoisotopic (exact) mass is 320 g/mol. The fourth-order valence-corrected chi connectivity index (χ4v) is 3.43. The molecule has 1 saturated heterocycles. The largest absolute Gasteiger partial charge is 0.469 e. The predicted molar refractivity (Wildman–Crippen MR) is 84.6 cm³/mol. The molecule has 0 aliphatic carbocycles. The van der Waals surface area contributed by atoms with Crippen LogP contribution in [0.25, 0.3) is 10.8 Å². The van der Waals surface area contributed by atoms with Crippen molar-refractivity contribution >= 4 is 17.3 Å². The lowest BCUT2D eigenvalue weighted by Gasteiger charge is -2.29. The summed E-state index contributed by atoms with van der Waals surface area (Å²) in [7, 11) is 1.46. The maximum atomic E-state index is 11.6. The van der Waals surface area contributed by atoms with Crippen molar-refractivity contribution in [1.29, 1.82) is 0 Å². The molecule has 3 heterocycles. The first-order valence-electron chi connectivity index (χ1n) is 7.47. The summed E-state index contributed by atoms with van der Waals surface area (Å²) in [5, 5.41) is 2.02. The lowest BCUT2D eigenvalue weighted by Crippen LogP contribution is -2.36. The van der Waals surface area contributed by atoms with Gasteiger partial charge in [0.2, 0.25) is 5.89 Å². The molecule has 0 atom stereocenters. The molecule has 0 radical (unpaired) electrons. The van der Waals surface area contributed by atoms with Gasteiger partial charge in [-0.2, -0.15) is 0 Å². The normalized spacial score (nSPS) is 16.8. The van der Waals surface area contributed by atoms with Crippen LogP contribution in [0.4, 0.5) is 0 Å². The summed E-state index contributed by atoms with van der Waals surface area (Å²) < 4.78 is 10.6. The van der Waals surface area contributed by atoms with Gasteiger partial charge < -0.3 is 9.15 Å². The maximum Gasteiger partial charge on any atom is 0.308 e. The van der Waals surface area contributed by atoms with E-state index in [9.17, 15) is 4.79 Å². The summed E-state index contributed by atoms with van der Waals surface area (Å²) in [6, 6.07) is 4.01. The topological polar surface area (TPSA) is 55.6 Å². The predicted octanol–water partition coefficient (Wildman–Crippen LogP) is 3.10. The number of nitrogens with zero attached hydrogens (tertiary/aromatic N) is 2. The van der Waals surface area contributed by atoms with Crippen molar-refractivity contribution in [1.82, 2.24) is 9.88 Å². The van der Waals surface area contributed by atoms with E-state index in [4.69, 9.17) is 9.15 Å². The Morgan fingerprint density at radius 1 is 1.50 bits per heavy atom. The van der Waals surface area contributed by atoms with Crippen LogP contribution < -0.4 is 0 Å². The van der Waals surface area contributed by atoms with Crippen molar-refractivity contribution in [2.45, 2.75) is 26.3 Å². The van der Waals surface area contributed by atoms with E-state index in [-0.39, 0.29) is 11.9 Å². The highest BCUT2D eigenvalue weighted by molar-refractivity contribution is 7.13. The zero-order chi connectivity index (χ0) is 15.5. The molecule has 0 saturated carbocycles. The Hall–Kier alpha value is -1.66. The number of carbonyl (C=O) groups excluding carboxylic acids is 1. The SMILES string of the molecule is COC(=O)C1CCN(Cc2nc(-c3cccs3)oc2C)CC1. The highest BCUT2D eigenvalue weighted by Crippen LogP contribution is 2.27. The van der Waals surface area contributed by atoms with Gasteiger partial charge in [-0.3, -0.25) is 9.69 Å². The zero-order valence-corrected chi connectivity index (χ0v) is 13.7. The Balaban J connectivity index is 1.62. The molecule has 2 aromatic rings. The minimum absolute atomic E-state index is 0.0429. The highest BCUT2D eigenvalue weighted by atomic mass is 32.1. The lowest BCUT2D eigenvalue weighted by molar-refractivity contribution is -0.147. The second kappa shape index (κ2) is 6.62. The van der Waals surface area contributed by atoms with E-state index in [0.29, 0.717) is 5.89 Å². The number of thiophene rings is 1. The third kappa shape index (κ3) is 3.23. The van der Waals surface area contributed by atoms with Crippen LogP contribution in [0.3, 0.4) is 0 Å². The van der Waals surface area contributed by atoms with Crippen molar-refractivity contribution in [2.75, 3.05) is 20.2 Å². The molecule has 22 heavy (non-hydrogen) atoms. The smallest absolute Gasteiger partial charge is 0.308 e. The fourth-order valence-electron chi connectivity index (χ4n) is 2.79. The van der Waals surface area contributed by atoms with Gasteiger partial charge in [0.05, 0.1) is 23.6 Å². The van der Waals surface area contributed by atoms with Crippen molar-refractivity contribution < 1.29 is 13.9 Å². The second-order valence-electron chi connectivity index (χ2n) is 5.57. The zero-order valence-electron chi connectivity index (χ0n) is 12.9. The molecule has 0 amide bonds. The van der Waals surface area contributed by atoms with Crippen LogP contribution in [-0.2, 0) is 16.1 Å². The molecule has 0 bridgehead atoms. The Morgan fingerprint density at radius 2 is 2.27 bits per heavy atom. The summed E-state index contributed by atoms with van der Waals surface area (Å²) in [6.45, 7) is 4.51. The number of hydrogen-bond acceptors (Lipinski definition) is 6. The van der Waals surface area contributed by atoms with Gasteiger partial charge in [-0.25, -0.2) is 4.98 Å². The average molecular weight is 320 g/mol. The van der Waals surface area contributed by atoms with Gasteiger partial charge in [0.1, 0.15) is 5.76 Å². The Labute approximate surface area is 133 Å². The molecular formula is C16H20N2O3S. The van der Waals surface area contributed by atoms with Gasteiger partial charge in [0, 0.05) is 6.54 Å². The molecule has 0 spiro atoms. The Bertz CT molecular complexity index is 628. The summed E-state index contributed by atoms with van der Waals surface area (Å²) in [4.78, 5) is 19.6. The highest BCUT2D eigenvalue weighted by Gasteiger charge is 2.26. The molecule has 6 heteroatoms. The van der Waals surface area contributed by atoms with Crippen LogP contribution in [0.15, 0.2) is 21.9 Å². The molecule has 0 aromatic carbocycles. The first-order valence-corrected chi connectivity index (χ1v) is 8.35. The summed E-state index contributed by atoms with van der Waals surface area (Å²) >= 11 is 1.63. The third-order valence-electron chi connectivity index (χ3n) is 4.12. The molecule has 118 valence electrons. The standard InChI is InChI=1S/C16H20N2O3S/c1-11-13(17-15(21-11)14-4-3-9-22-14)10-18-7-5-12(6-8-18)16(19)20-2/h3-4,9,12H,5-8,10H2,1-2H3. The Kier molecular flexibility index (Phi) is 4.59. The van der Waals surface area contributed by atoms with E-state index in [2.05, 4.69) is 9.88 Å². The van der Waals surface area contributed by atoms with Crippen molar-refractivity contribution in [3.8, 4) is 10.8 Å². The molecule has 5 nitrogen and oxygen atoms in total. The van der Waals surface area contributed by atoms with E-state index < -0.39 is 0 Å². The minimum Gasteiger partial charge on any atom is -0.469 e. The third-order valence-corrected chi connectivity index (χ3v) is 4.98. The molecule has 1 fully saturated rings. The number of aromatic nitrogens is 1. The molecule has 1 aliphatic heterocycles. The van der Waals surface area contributed by atoms with Crippen molar-refractivity contribution in [2.24, 2.45) is 5.92 Å². The van der Waals surface area contributed by atoms with E-state index >= 15 is 0 Å². The number of esters is 1. The summed E-state index contributed by atoms with van der Waals surface area (Å²) in [6.07, 6.45) is 1.70. The molecule has 1 aliphatic rings. The summed E-state index contributed by atoms with van der Waals surface area (Å²) in [5.41, 5.74) is 0.986. The van der Waals surface area contributed by atoms with Gasteiger partial charge in [0.25, 0.3) is 0 Å². The number of piperidine rings is 1. The molecule has 2 aromatic heterocycles. The number of methoxy groups -OCH3 is 1.